The topological polar surface area (TPSA) is 84.9 Å². The molecular weight excluding hydrogens is 282 g/mol. The Morgan fingerprint density at radius 2 is 2.00 bits per heavy atom. The molecule has 0 unspecified atom stereocenters. The number of benzene rings is 1. The minimum Gasteiger partial charge on any atom is -0.497 e. The summed E-state index contributed by atoms with van der Waals surface area (Å²) in [6.07, 6.45) is 0. The van der Waals surface area contributed by atoms with Gasteiger partial charge in [-0.2, -0.15) is 0 Å². The first-order valence-electron chi connectivity index (χ1n) is 5.84. The summed E-state index contributed by atoms with van der Waals surface area (Å²) in [6, 6.07) is 5.32. The molecule has 2 N–H and O–H groups in total. The van der Waals surface area contributed by atoms with Gasteiger partial charge in [-0.1, -0.05) is 0 Å². The number of amides is 1. The summed E-state index contributed by atoms with van der Waals surface area (Å²) in [6.45, 7) is 0.298. The van der Waals surface area contributed by atoms with E-state index in [0.29, 0.717) is 18.0 Å². The summed E-state index contributed by atoms with van der Waals surface area (Å²) in [5.41, 5.74) is 0.795. The number of ether oxygens (including phenoxy) is 2. The summed E-state index contributed by atoms with van der Waals surface area (Å²) in [5.74, 6) is 0.201. The standard InChI is InChI=1S/C13H17NO5S/c1-18-10-3-4-11(19-2)9(5-10)6-14-12(15)7-20-8-13(16)17/h3-5H,6-8H2,1-2H3,(H,14,15)(H,16,17). The van der Waals surface area contributed by atoms with Crippen LogP contribution in [-0.4, -0.2) is 42.7 Å². The van der Waals surface area contributed by atoms with E-state index in [1.54, 1.807) is 32.4 Å². The van der Waals surface area contributed by atoms with Gasteiger partial charge in [0.25, 0.3) is 0 Å². The van der Waals surface area contributed by atoms with E-state index in [1.165, 1.54) is 0 Å². The molecule has 6 nitrogen and oxygen atoms in total. The second kappa shape index (κ2) is 8.31. The largest absolute Gasteiger partial charge is 0.497 e. The monoisotopic (exact) mass is 299 g/mol. The van der Waals surface area contributed by atoms with Gasteiger partial charge in [-0.25, -0.2) is 0 Å². The van der Waals surface area contributed by atoms with Crippen molar-refractivity contribution in [1.29, 1.82) is 0 Å². The highest BCUT2D eigenvalue weighted by molar-refractivity contribution is 8.00. The third-order valence-electron chi connectivity index (χ3n) is 2.42. The number of carboxylic acid groups (broad SMARTS) is 1. The van der Waals surface area contributed by atoms with Crippen molar-refractivity contribution in [3.8, 4) is 11.5 Å². The minimum atomic E-state index is -0.933. The van der Waals surface area contributed by atoms with Crippen LogP contribution in [0.3, 0.4) is 0 Å². The average molecular weight is 299 g/mol. The zero-order valence-electron chi connectivity index (χ0n) is 11.3. The lowest BCUT2D eigenvalue weighted by molar-refractivity contribution is -0.133. The predicted molar refractivity (Wildman–Crippen MR) is 76.4 cm³/mol. The number of methoxy groups -OCH3 is 2. The normalized spacial score (nSPS) is 9.90. The maximum absolute atomic E-state index is 11.6. The second-order valence-corrected chi connectivity index (χ2v) is 4.83. The fraction of sp³-hybridized carbons (Fsp3) is 0.385. The molecule has 0 aromatic heterocycles. The van der Waals surface area contributed by atoms with Crippen molar-refractivity contribution in [2.75, 3.05) is 25.7 Å². The summed E-state index contributed by atoms with van der Waals surface area (Å²) in [5, 5.41) is 11.2. The van der Waals surface area contributed by atoms with Crippen molar-refractivity contribution >= 4 is 23.6 Å². The van der Waals surface area contributed by atoms with Crippen LogP contribution in [0.5, 0.6) is 11.5 Å². The molecule has 0 heterocycles. The van der Waals surface area contributed by atoms with Crippen LogP contribution < -0.4 is 14.8 Å². The van der Waals surface area contributed by atoms with E-state index in [9.17, 15) is 9.59 Å². The number of nitrogens with one attached hydrogen (secondary N) is 1. The molecule has 0 aliphatic carbocycles. The second-order valence-electron chi connectivity index (χ2n) is 3.84. The Hall–Kier alpha value is -1.89. The molecule has 1 rings (SSSR count). The predicted octanol–water partition coefficient (Wildman–Crippen LogP) is 1.14. The van der Waals surface area contributed by atoms with Crippen LogP contribution in [-0.2, 0) is 16.1 Å². The van der Waals surface area contributed by atoms with Gasteiger partial charge in [0.1, 0.15) is 11.5 Å². The maximum Gasteiger partial charge on any atom is 0.313 e. The zero-order chi connectivity index (χ0) is 15.0. The minimum absolute atomic E-state index is 0.0874. The van der Waals surface area contributed by atoms with Gasteiger partial charge in [0, 0.05) is 12.1 Å². The number of carbonyl (C=O) groups is 2. The van der Waals surface area contributed by atoms with Crippen molar-refractivity contribution in [3.05, 3.63) is 23.8 Å². The molecule has 7 heteroatoms. The van der Waals surface area contributed by atoms with Gasteiger partial charge < -0.3 is 19.9 Å². The van der Waals surface area contributed by atoms with Crippen LogP contribution in [0.15, 0.2) is 18.2 Å². The van der Waals surface area contributed by atoms with Crippen LogP contribution in [0.25, 0.3) is 0 Å². The molecule has 1 aromatic rings. The van der Waals surface area contributed by atoms with Crippen molar-refractivity contribution < 1.29 is 24.2 Å². The summed E-state index contributed by atoms with van der Waals surface area (Å²) in [7, 11) is 3.11. The molecule has 1 amide bonds. The molecule has 0 bridgehead atoms. The highest BCUT2D eigenvalue weighted by Gasteiger charge is 2.08. The molecule has 0 spiro atoms. The lowest BCUT2D eigenvalue weighted by Crippen LogP contribution is -2.25. The Kier molecular flexibility index (Phi) is 6.72. The number of aliphatic carboxylic acids is 1. The molecule has 0 saturated heterocycles. The molecule has 1 aromatic carbocycles. The van der Waals surface area contributed by atoms with E-state index in [1.807, 2.05) is 0 Å². The highest BCUT2D eigenvalue weighted by atomic mass is 32.2. The lowest BCUT2D eigenvalue weighted by Gasteiger charge is -2.11. The number of carboxylic acids is 1. The van der Waals surface area contributed by atoms with Crippen LogP contribution in [0, 0.1) is 0 Å². The summed E-state index contributed by atoms with van der Waals surface area (Å²) in [4.78, 5) is 21.9. The SMILES string of the molecule is COc1ccc(OC)c(CNC(=O)CSCC(=O)O)c1. The fourth-order valence-corrected chi connectivity index (χ4v) is 2.06. The first-order chi connectivity index (χ1) is 9.56. The molecule has 0 atom stereocenters. The molecule has 0 radical (unpaired) electrons. The van der Waals surface area contributed by atoms with Crippen LogP contribution >= 0.6 is 11.8 Å². The molecule has 110 valence electrons. The van der Waals surface area contributed by atoms with Crippen LogP contribution in [0.2, 0.25) is 0 Å². The van der Waals surface area contributed by atoms with E-state index >= 15 is 0 Å². The molecule has 0 fully saturated rings. The van der Waals surface area contributed by atoms with Gasteiger partial charge in [-0.3, -0.25) is 9.59 Å². The van der Waals surface area contributed by atoms with Gasteiger partial charge in [-0.05, 0) is 18.2 Å². The van der Waals surface area contributed by atoms with Crippen LogP contribution in [0.1, 0.15) is 5.56 Å². The Morgan fingerprint density at radius 1 is 1.25 bits per heavy atom. The van der Waals surface area contributed by atoms with E-state index < -0.39 is 5.97 Å². The molecule has 20 heavy (non-hydrogen) atoms. The summed E-state index contributed by atoms with van der Waals surface area (Å²) < 4.78 is 10.3. The van der Waals surface area contributed by atoms with Crippen molar-refractivity contribution in [3.63, 3.8) is 0 Å². The smallest absolute Gasteiger partial charge is 0.313 e. The van der Waals surface area contributed by atoms with Crippen LogP contribution in [0.4, 0.5) is 0 Å². The van der Waals surface area contributed by atoms with E-state index in [4.69, 9.17) is 14.6 Å². The van der Waals surface area contributed by atoms with Gasteiger partial charge in [0.2, 0.25) is 5.91 Å². The molecule has 0 saturated carbocycles. The van der Waals surface area contributed by atoms with Crippen molar-refractivity contribution in [2.24, 2.45) is 0 Å². The first kappa shape index (κ1) is 16.2. The van der Waals surface area contributed by atoms with Gasteiger partial charge in [0.05, 0.1) is 25.7 Å². The number of thioether (sulfide) groups is 1. The quantitative estimate of drug-likeness (QED) is 0.749. The van der Waals surface area contributed by atoms with Gasteiger partial charge >= 0.3 is 5.97 Å². The Bertz CT molecular complexity index is 478. The molecule has 0 aliphatic rings. The van der Waals surface area contributed by atoms with E-state index in [-0.39, 0.29) is 17.4 Å². The number of rotatable bonds is 8. The molecular formula is C13H17NO5S. The van der Waals surface area contributed by atoms with Crippen molar-refractivity contribution in [1.82, 2.24) is 5.32 Å². The summed E-state index contributed by atoms with van der Waals surface area (Å²) >= 11 is 1.05. The average Bonchev–Trinajstić information content (AvgIpc) is 2.44. The number of hydrogen-bond acceptors (Lipinski definition) is 5. The number of hydrogen-bond donors (Lipinski definition) is 2. The van der Waals surface area contributed by atoms with Crippen molar-refractivity contribution in [2.45, 2.75) is 6.54 Å². The zero-order valence-corrected chi connectivity index (χ0v) is 12.2. The number of carbonyl (C=O) groups excluding carboxylic acids is 1. The first-order valence-corrected chi connectivity index (χ1v) is 6.99. The van der Waals surface area contributed by atoms with E-state index in [0.717, 1.165) is 17.3 Å². The Labute approximate surface area is 121 Å². The lowest BCUT2D eigenvalue weighted by atomic mass is 10.2. The maximum atomic E-state index is 11.6. The molecule has 0 aliphatic heterocycles. The third-order valence-corrected chi connectivity index (χ3v) is 3.34. The van der Waals surface area contributed by atoms with Gasteiger partial charge in [0.15, 0.2) is 0 Å². The Balaban J connectivity index is 2.51. The van der Waals surface area contributed by atoms with E-state index in [2.05, 4.69) is 5.32 Å². The van der Waals surface area contributed by atoms with Gasteiger partial charge in [-0.15, -0.1) is 11.8 Å². The highest BCUT2D eigenvalue weighted by Crippen LogP contribution is 2.23. The third kappa shape index (κ3) is 5.40. The fourth-order valence-electron chi connectivity index (χ4n) is 1.50. The Morgan fingerprint density at radius 3 is 2.60 bits per heavy atom.